The zero-order chi connectivity index (χ0) is 21.3. The molecule has 0 N–H and O–H groups in total. The lowest BCUT2D eigenvalue weighted by Gasteiger charge is -2.27. The third-order valence-corrected chi connectivity index (χ3v) is 6.51. The van der Waals surface area contributed by atoms with E-state index >= 15 is 0 Å². The van der Waals surface area contributed by atoms with E-state index in [2.05, 4.69) is 0 Å². The van der Waals surface area contributed by atoms with Crippen molar-refractivity contribution in [3.8, 4) is 0 Å². The fourth-order valence-electron chi connectivity index (χ4n) is 4.41. The van der Waals surface area contributed by atoms with Crippen LogP contribution in [0.4, 0.5) is 5.69 Å². The first-order chi connectivity index (χ1) is 14.5. The Bertz CT molecular complexity index is 996. The lowest BCUT2D eigenvalue weighted by molar-refractivity contribution is -0.139. The molecule has 156 valence electrons. The summed E-state index contributed by atoms with van der Waals surface area (Å²) in [5, 5.41) is 0.847. The van der Waals surface area contributed by atoms with Gasteiger partial charge in [0.25, 0.3) is 11.8 Å². The highest BCUT2D eigenvalue weighted by Gasteiger charge is 2.44. The predicted molar refractivity (Wildman–Crippen MR) is 122 cm³/mol. The molecule has 0 aromatic heterocycles. The van der Waals surface area contributed by atoms with Crippen LogP contribution in [0.5, 0.6) is 0 Å². The van der Waals surface area contributed by atoms with Gasteiger partial charge in [0, 0.05) is 29.4 Å². The Hall–Kier alpha value is -2.30. The van der Waals surface area contributed by atoms with Gasteiger partial charge in [0.05, 0.1) is 10.6 Å². The van der Waals surface area contributed by atoms with E-state index in [4.69, 9.17) is 23.2 Å². The van der Waals surface area contributed by atoms with Crippen LogP contribution in [0.15, 0.2) is 54.2 Å². The molecule has 2 aromatic rings. The van der Waals surface area contributed by atoms with Crippen LogP contribution in [0.25, 0.3) is 5.57 Å². The lowest BCUT2D eigenvalue weighted by Crippen LogP contribution is -2.42. The van der Waals surface area contributed by atoms with E-state index in [1.807, 2.05) is 37.4 Å². The molecule has 2 aliphatic rings. The fraction of sp³-hybridized carbons (Fsp3) is 0.333. The first-order valence-electron chi connectivity index (χ1n) is 10.4. The molecule has 6 heteroatoms. The van der Waals surface area contributed by atoms with Crippen molar-refractivity contribution in [3.05, 3.63) is 69.8 Å². The SMILES string of the molecule is CN(C1=C(c2ccc(Cl)cc2Cl)C(=O)N(C2CCCCCC2)C1=O)c1ccccc1. The minimum absolute atomic E-state index is 0.0738. The van der Waals surface area contributed by atoms with Gasteiger partial charge in [-0.25, -0.2) is 0 Å². The van der Waals surface area contributed by atoms with Crippen LogP contribution < -0.4 is 4.90 Å². The number of likely N-dealkylation sites (N-methyl/N-ethyl adjacent to an activating group) is 1. The van der Waals surface area contributed by atoms with Gasteiger partial charge in [-0.15, -0.1) is 0 Å². The maximum Gasteiger partial charge on any atom is 0.278 e. The van der Waals surface area contributed by atoms with Crippen LogP contribution in [0.2, 0.25) is 10.0 Å². The molecule has 0 bridgehead atoms. The molecule has 4 nitrogen and oxygen atoms in total. The molecule has 1 aliphatic heterocycles. The molecule has 2 amide bonds. The number of imide groups is 1. The molecule has 30 heavy (non-hydrogen) atoms. The molecule has 0 radical (unpaired) electrons. The Balaban J connectivity index is 1.83. The Kier molecular flexibility index (Phi) is 6.16. The lowest BCUT2D eigenvalue weighted by atomic mass is 10.0. The van der Waals surface area contributed by atoms with E-state index in [9.17, 15) is 9.59 Å². The molecule has 4 rings (SSSR count). The Morgan fingerprint density at radius 1 is 0.900 bits per heavy atom. The number of hydrogen-bond acceptors (Lipinski definition) is 3. The number of carbonyl (C=O) groups is 2. The number of nitrogens with zero attached hydrogens (tertiary/aromatic N) is 2. The average Bonchev–Trinajstić information content (AvgIpc) is 2.91. The molecule has 1 fully saturated rings. The van der Waals surface area contributed by atoms with E-state index in [-0.39, 0.29) is 17.9 Å². The van der Waals surface area contributed by atoms with Crippen molar-refractivity contribution in [1.82, 2.24) is 4.90 Å². The quantitative estimate of drug-likeness (QED) is 0.434. The van der Waals surface area contributed by atoms with Gasteiger partial charge >= 0.3 is 0 Å². The number of amides is 2. The smallest absolute Gasteiger partial charge is 0.278 e. The van der Waals surface area contributed by atoms with Crippen LogP contribution in [-0.2, 0) is 9.59 Å². The molecular weight excluding hydrogens is 419 g/mol. The normalized spacial score (nSPS) is 18.2. The van der Waals surface area contributed by atoms with Gasteiger partial charge < -0.3 is 4.90 Å². The summed E-state index contributed by atoms with van der Waals surface area (Å²) in [6.45, 7) is 0. The maximum absolute atomic E-state index is 13.6. The number of benzene rings is 2. The van der Waals surface area contributed by atoms with Gasteiger partial charge in [0.15, 0.2) is 0 Å². The number of hydrogen-bond donors (Lipinski definition) is 0. The zero-order valence-electron chi connectivity index (χ0n) is 16.9. The van der Waals surface area contributed by atoms with E-state index in [1.54, 1.807) is 23.1 Å². The molecule has 0 unspecified atom stereocenters. The summed E-state index contributed by atoms with van der Waals surface area (Å²) in [7, 11) is 1.82. The monoisotopic (exact) mass is 442 g/mol. The molecule has 1 aliphatic carbocycles. The van der Waals surface area contributed by atoms with Crippen molar-refractivity contribution >= 4 is 46.3 Å². The second kappa shape index (κ2) is 8.83. The van der Waals surface area contributed by atoms with Gasteiger partial charge in [-0.05, 0) is 37.1 Å². The predicted octanol–water partition coefficient (Wildman–Crippen LogP) is 5.93. The van der Waals surface area contributed by atoms with Crippen molar-refractivity contribution < 1.29 is 9.59 Å². The zero-order valence-corrected chi connectivity index (χ0v) is 18.4. The molecular formula is C24H24Cl2N2O2. The topological polar surface area (TPSA) is 40.6 Å². The van der Waals surface area contributed by atoms with Crippen molar-refractivity contribution in [2.45, 2.75) is 44.6 Å². The summed E-state index contributed by atoms with van der Waals surface area (Å²) >= 11 is 12.6. The van der Waals surface area contributed by atoms with Gasteiger partial charge in [-0.1, -0.05) is 73.2 Å². The van der Waals surface area contributed by atoms with Crippen molar-refractivity contribution in [2.75, 3.05) is 11.9 Å². The van der Waals surface area contributed by atoms with Gasteiger partial charge in [-0.2, -0.15) is 0 Å². The van der Waals surface area contributed by atoms with Crippen molar-refractivity contribution in [1.29, 1.82) is 0 Å². The average molecular weight is 443 g/mol. The summed E-state index contributed by atoms with van der Waals surface area (Å²) in [6.07, 6.45) is 6.05. The highest BCUT2D eigenvalue weighted by Crippen LogP contribution is 2.39. The van der Waals surface area contributed by atoms with Crippen LogP contribution in [-0.4, -0.2) is 29.8 Å². The molecule has 0 spiro atoms. The van der Waals surface area contributed by atoms with Crippen LogP contribution in [0.1, 0.15) is 44.1 Å². The summed E-state index contributed by atoms with van der Waals surface area (Å²) in [5.41, 5.74) is 2.07. The molecule has 1 heterocycles. The van der Waals surface area contributed by atoms with E-state index in [0.717, 1.165) is 44.2 Å². The van der Waals surface area contributed by atoms with E-state index in [1.165, 1.54) is 4.90 Å². The van der Waals surface area contributed by atoms with Crippen LogP contribution in [0.3, 0.4) is 0 Å². The minimum Gasteiger partial charge on any atom is -0.339 e. The Morgan fingerprint density at radius 2 is 1.57 bits per heavy atom. The Labute approximate surface area is 187 Å². The number of anilines is 1. The molecule has 1 saturated carbocycles. The Morgan fingerprint density at radius 3 is 2.20 bits per heavy atom. The minimum atomic E-state index is -0.270. The molecule has 2 aromatic carbocycles. The van der Waals surface area contributed by atoms with E-state index < -0.39 is 0 Å². The van der Waals surface area contributed by atoms with Crippen LogP contribution in [0, 0.1) is 0 Å². The van der Waals surface area contributed by atoms with Gasteiger partial charge in [0.1, 0.15) is 5.70 Å². The van der Waals surface area contributed by atoms with Gasteiger partial charge in [0.2, 0.25) is 0 Å². The second-order valence-electron chi connectivity index (χ2n) is 7.87. The molecule has 0 atom stereocenters. The first kappa shape index (κ1) is 21.0. The summed E-state index contributed by atoms with van der Waals surface area (Å²) in [6, 6.07) is 14.5. The highest BCUT2D eigenvalue weighted by atomic mass is 35.5. The fourth-order valence-corrected chi connectivity index (χ4v) is 4.91. The van der Waals surface area contributed by atoms with E-state index in [0.29, 0.717) is 26.9 Å². The number of halogens is 2. The van der Waals surface area contributed by atoms with Crippen molar-refractivity contribution in [2.24, 2.45) is 0 Å². The van der Waals surface area contributed by atoms with Crippen molar-refractivity contribution in [3.63, 3.8) is 0 Å². The largest absolute Gasteiger partial charge is 0.339 e. The number of rotatable bonds is 4. The summed E-state index contributed by atoms with van der Waals surface area (Å²) in [5.74, 6) is -0.520. The third-order valence-electron chi connectivity index (χ3n) is 5.96. The summed E-state index contributed by atoms with van der Waals surface area (Å²) in [4.78, 5) is 30.5. The highest BCUT2D eigenvalue weighted by molar-refractivity contribution is 6.41. The standard InChI is InChI=1S/C24H24Cl2N2O2/c1-27(17-9-7-4-8-10-17)22-21(19-14-13-16(25)15-20(19)26)23(29)28(24(22)30)18-11-5-2-3-6-12-18/h4,7-10,13-15,18H,2-3,5-6,11-12H2,1H3. The third kappa shape index (κ3) is 3.86. The number of para-hydroxylation sites is 1. The summed E-state index contributed by atoms with van der Waals surface area (Å²) < 4.78 is 0. The van der Waals surface area contributed by atoms with Crippen LogP contribution >= 0.6 is 23.2 Å². The number of carbonyl (C=O) groups excluding carboxylic acids is 2. The first-order valence-corrected chi connectivity index (χ1v) is 11.1. The van der Waals surface area contributed by atoms with Gasteiger partial charge in [-0.3, -0.25) is 14.5 Å². The maximum atomic E-state index is 13.6. The molecule has 0 saturated heterocycles. The second-order valence-corrected chi connectivity index (χ2v) is 8.71.